The summed E-state index contributed by atoms with van der Waals surface area (Å²) in [5.74, 6) is -0.552. The molecule has 0 saturated carbocycles. The zero-order chi connectivity index (χ0) is 6.69. The second-order valence-electron chi connectivity index (χ2n) is 1.50. The van der Waals surface area contributed by atoms with Gasteiger partial charge in [-0.15, -0.1) is 0 Å². The monoisotopic (exact) mass is 122 g/mol. The molecule has 0 N–H and O–H groups in total. The number of halogens is 1. The second kappa shape index (κ2) is 2.40. The van der Waals surface area contributed by atoms with Crippen molar-refractivity contribution in [3.63, 3.8) is 0 Å². The number of carbonyl (C=O) groups excluding carboxylic acids is 1. The summed E-state index contributed by atoms with van der Waals surface area (Å²) in [5.41, 5.74) is 0.0220. The molecule has 0 saturated heterocycles. The number of carbonyl (C=O) groups is 1. The molecule has 2 heteroatoms. The minimum atomic E-state index is -0.552. The third-order valence-corrected chi connectivity index (χ3v) is 0.913. The van der Waals surface area contributed by atoms with Gasteiger partial charge in [-0.2, -0.15) is 0 Å². The highest BCUT2D eigenvalue weighted by Crippen LogP contribution is 2.00. The number of benzene rings is 1. The largest absolute Gasteiger partial charge is 0.298 e. The fourth-order valence-electron chi connectivity index (χ4n) is 0.467. The first-order valence-corrected chi connectivity index (χ1v) is 2.37. The van der Waals surface area contributed by atoms with E-state index in [1.54, 1.807) is 0 Å². The lowest BCUT2D eigenvalue weighted by atomic mass is 10.2. The van der Waals surface area contributed by atoms with E-state index in [2.05, 4.69) is 12.1 Å². The topological polar surface area (TPSA) is 17.1 Å². The molecule has 0 bridgehead atoms. The van der Waals surface area contributed by atoms with Gasteiger partial charge in [0.15, 0.2) is 6.29 Å². The van der Waals surface area contributed by atoms with Gasteiger partial charge >= 0.3 is 0 Å². The summed E-state index contributed by atoms with van der Waals surface area (Å²) >= 11 is 0. The molecule has 2 radical (unpaired) electrons. The number of hydrogen-bond donors (Lipinski definition) is 0. The average molecular weight is 122 g/mol. The molecule has 0 fully saturated rings. The molecule has 0 aliphatic heterocycles. The molecule has 0 heterocycles. The molecule has 44 valence electrons. The normalized spacial score (nSPS) is 9.00. The summed E-state index contributed by atoms with van der Waals surface area (Å²) in [4.78, 5) is 9.95. The third kappa shape index (κ3) is 1.13. The van der Waals surface area contributed by atoms with Crippen molar-refractivity contribution in [2.24, 2.45) is 0 Å². The summed E-state index contributed by atoms with van der Waals surface area (Å²) in [6, 6.07) is 7.16. The van der Waals surface area contributed by atoms with E-state index in [9.17, 15) is 9.18 Å². The quantitative estimate of drug-likeness (QED) is 0.512. The van der Waals surface area contributed by atoms with Crippen molar-refractivity contribution in [1.82, 2.24) is 0 Å². The second-order valence-corrected chi connectivity index (χ2v) is 1.50. The van der Waals surface area contributed by atoms with Gasteiger partial charge in [-0.3, -0.25) is 4.79 Å². The van der Waals surface area contributed by atoms with Crippen molar-refractivity contribution < 1.29 is 9.18 Å². The van der Waals surface area contributed by atoms with Crippen LogP contribution in [0.15, 0.2) is 12.1 Å². The van der Waals surface area contributed by atoms with Crippen molar-refractivity contribution >= 4 is 6.29 Å². The number of hydrogen-bond acceptors (Lipinski definition) is 1. The van der Waals surface area contributed by atoms with Crippen LogP contribution < -0.4 is 0 Å². The van der Waals surface area contributed by atoms with E-state index in [-0.39, 0.29) is 5.56 Å². The lowest BCUT2D eigenvalue weighted by Crippen LogP contribution is -1.84. The molecular formula is C7H3FO. The van der Waals surface area contributed by atoms with Crippen LogP contribution in [0, 0.1) is 17.9 Å². The highest BCUT2D eigenvalue weighted by Gasteiger charge is 1.95. The van der Waals surface area contributed by atoms with Crippen molar-refractivity contribution in [1.29, 1.82) is 0 Å². The first-order chi connectivity index (χ1) is 4.34. The van der Waals surface area contributed by atoms with Crippen molar-refractivity contribution in [3.8, 4) is 0 Å². The third-order valence-electron chi connectivity index (χ3n) is 0.913. The molecule has 1 aromatic carbocycles. The van der Waals surface area contributed by atoms with E-state index < -0.39 is 5.82 Å². The fraction of sp³-hybridized carbons (Fsp3) is 0. The zero-order valence-corrected chi connectivity index (χ0v) is 4.52. The molecule has 0 aliphatic rings. The van der Waals surface area contributed by atoms with E-state index in [0.29, 0.717) is 6.29 Å². The van der Waals surface area contributed by atoms with Crippen LogP contribution in [0.1, 0.15) is 10.4 Å². The van der Waals surface area contributed by atoms with Gasteiger partial charge in [-0.05, 0) is 24.3 Å². The molecule has 0 amide bonds. The van der Waals surface area contributed by atoms with Crippen LogP contribution in [0.25, 0.3) is 0 Å². The Morgan fingerprint density at radius 1 is 1.44 bits per heavy atom. The number of rotatable bonds is 1. The van der Waals surface area contributed by atoms with E-state index in [1.165, 1.54) is 6.07 Å². The van der Waals surface area contributed by atoms with Gasteiger partial charge in [-0.1, -0.05) is 0 Å². The van der Waals surface area contributed by atoms with Crippen molar-refractivity contribution in [2.75, 3.05) is 0 Å². The minimum Gasteiger partial charge on any atom is -0.298 e. The Morgan fingerprint density at radius 3 is 2.56 bits per heavy atom. The van der Waals surface area contributed by atoms with Gasteiger partial charge in [0.05, 0.1) is 5.56 Å². The Labute approximate surface area is 52.1 Å². The molecule has 1 rings (SSSR count). The molecule has 0 unspecified atom stereocenters. The van der Waals surface area contributed by atoms with E-state index in [1.807, 2.05) is 0 Å². The summed E-state index contributed by atoms with van der Waals surface area (Å²) in [7, 11) is 0. The molecule has 0 aromatic heterocycles. The zero-order valence-electron chi connectivity index (χ0n) is 4.52. The predicted molar refractivity (Wildman–Crippen MR) is 29.5 cm³/mol. The van der Waals surface area contributed by atoms with Gasteiger partial charge in [-0.25, -0.2) is 4.39 Å². The summed E-state index contributed by atoms with van der Waals surface area (Å²) in [5, 5.41) is 0. The van der Waals surface area contributed by atoms with Gasteiger partial charge in [0.1, 0.15) is 5.82 Å². The highest BCUT2D eigenvalue weighted by atomic mass is 19.1. The molecule has 1 aromatic rings. The van der Waals surface area contributed by atoms with Crippen molar-refractivity contribution in [2.45, 2.75) is 0 Å². The molecule has 0 aliphatic carbocycles. The maximum absolute atomic E-state index is 12.3. The first kappa shape index (κ1) is 5.95. The average Bonchev–Trinajstić information content (AvgIpc) is 1.89. The number of aldehydes is 1. The summed E-state index contributed by atoms with van der Waals surface area (Å²) in [6.45, 7) is 0. The van der Waals surface area contributed by atoms with Crippen LogP contribution in [0.2, 0.25) is 0 Å². The van der Waals surface area contributed by atoms with Gasteiger partial charge in [0.25, 0.3) is 0 Å². The van der Waals surface area contributed by atoms with E-state index in [4.69, 9.17) is 0 Å². The lowest BCUT2D eigenvalue weighted by molar-refractivity contribution is 0.112. The van der Waals surface area contributed by atoms with E-state index >= 15 is 0 Å². The first-order valence-electron chi connectivity index (χ1n) is 2.37. The highest BCUT2D eigenvalue weighted by molar-refractivity contribution is 5.74. The Balaban J connectivity index is 3.15. The Morgan fingerprint density at radius 2 is 2.11 bits per heavy atom. The Kier molecular flexibility index (Phi) is 1.58. The van der Waals surface area contributed by atoms with Crippen LogP contribution in [0.5, 0.6) is 0 Å². The lowest BCUT2D eigenvalue weighted by Gasteiger charge is -1.87. The molecule has 9 heavy (non-hydrogen) atoms. The Hall–Kier alpha value is -1.18. The van der Waals surface area contributed by atoms with Crippen LogP contribution in [-0.4, -0.2) is 6.29 Å². The van der Waals surface area contributed by atoms with Crippen LogP contribution in [-0.2, 0) is 0 Å². The van der Waals surface area contributed by atoms with Crippen LogP contribution in [0.3, 0.4) is 0 Å². The maximum atomic E-state index is 12.3. The predicted octanol–water partition coefficient (Wildman–Crippen LogP) is 1.24. The smallest absolute Gasteiger partial charge is 0.153 e. The summed E-state index contributed by atoms with van der Waals surface area (Å²) < 4.78 is 12.3. The standard InChI is InChI=1S/C7H3FO/c8-7-4-2-1-3-6(7)5-9/h3-5H. The van der Waals surface area contributed by atoms with Crippen LogP contribution in [0.4, 0.5) is 4.39 Å². The van der Waals surface area contributed by atoms with Gasteiger partial charge in [0.2, 0.25) is 0 Å². The maximum Gasteiger partial charge on any atom is 0.153 e. The molecular weight excluding hydrogens is 119 g/mol. The molecule has 1 nitrogen and oxygen atoms in total. The van der Waals surface area contributed by atoms with Crippen LogP contribution >= 0.6 is 0 Å². The minimum absolute atomic E-state index is 0.0220. The van der Waals surface area contributed by atoms with Gasteiger partial charge < -0.3 is 0 Å². The van der Waals surface area contributed by atoms with Crippen molar-refractivity contribution in [3.05, 3.63) is 35.6 Å². The SMILES string of the molecule is O=Cc1c[c][c]cc1F. The Bertz CT molecular complexity index is 220. The molecule has 0 atom stereocenters. The van der Waals surface area contributed by atoms with Gasteiger partial charge in [0, 0.05) is 0 Å². The van der Waals surface area contributed by atoms with E-state index in [0.717, 1.165) is 6.07 Å². The molecule has 0 spiro atoms. The summed E-state index contributed by atoms with van der Waals surface area (Å²) in [6.07, 6.45) is 0.444. The fourth-order valence-corrected chi connectivity index (χ4v) is 0.467.